The maximum atomic E-state index is 6.04. The highest BCUT2D eigenvalue weighted by atomic mass is 15.2. The summed E-state index contributed by atoms with van der Waals surface area (Å²) in [6, 6.07) is 0.688. The molecule has 2 N–H and O–H groups in total. The molecule has 0 aromatic carbocycles. The Labute approximate surface area is 62.4 Å². The molecule has 2 fully saturated rings. The topological polar surface area (TPSA) is 29.3 Å². The van der Waals surface area contributed by atoms with Gasteiger partial charge in [-0.05, 0) is 26.2 Å². The molecule has 0 aromatic heterocycles. The standard InChI is InChI=1S/C8H16N2/c1-6(2)10-4-7-3-8(7,9)5-10/h6-7H,3-5,9H2,1-2H3/t7-,8-/m0/s1. The monoisotopic (exact) mass is 140 g/mol. The molecule has 0 bridgehead atoms. The molecular weight excluding hydrogens is 124 g/mol. The zero-order valence-corrected chi connectivity index (χ0v) is 6.80. The smallest absolute Gasteiger partial charge is 0.0328 e. The molecule has 1 saturated heterocycles. The fraction of sp³-hybridized carbons (Fsp3) is 1.00. The fourth-order valence-electron chi connectivity index (χ4n) is 1.96. The quantitative estimate of drug-likeness (QED) is 0.572. The Balaban J connectivity index is 1.97. The van der Waals surface area contributed by atoms with Gasteiger partial charge in [-0.3, -0.25) is 4.90 Å². The molecule has 0 radical (unpaired) electrons. The van der Waals surface area contributed by atoms with Crippen LogP contribution in [-0.4, -0.2) is 29.6 Å². The van der Waals surface area contributed by atoms with Crippen LogP contribution in [0.2, 0.25) is 0 Å². The summed E-state index contributed by atoms with van der Waals surface area (Å²) in [5.74, 6) is 0.829. The third-order valence-corrected chi connectivity index (χ3v) is 2.96. The minimum atomic E-state index is 0.240. The van der Waals surface area contributed by atoms with Gasteiger partial charge >= 0.3 is 0 Å². The van der Waals surface area contributed by atoms with Gasteiger partial charge in [0, 0.05) is 24.7 Å². The van der Waals surface area contributed by atoms with Crippen LogP contribution < -0.4 is 5.73 Å². The molecule has 0 amide bonds. The van der Waals surface area contributed by atoms with E-state index in [-0.39, 0.29) is 5.54 Å². The van der Waals surface area contributed by atoms with Crippen molar-refractivity contribution >= 4 is 0 Å². The average molecular weight is 140 g/mol. The second-order valence-corrected chi connectivity index (χ2v) is 4.16. The van der Waals surface area contributed by atoms with E-state index in [9.17, 15) is 0 Å². The maximum Gasteiger partial charge on any atom is 0.0328 e. The molecular formula is C8H16N2. The first-order valence-electron chi connectivity index (χ1n) is 4.15. The summed E-state index contributed by atoms with van der Waals surface area (Å²) in [4.78, 5) is 2.48. The van der Waals surface area contributed by atoms with E-state index in [1.54, 1.807) is 0 Å². The molecule has 0 unspecified atom stereocenters. The number of fused-ring (bicyclic) bond motifs is 1. The highest BCUT2D eigenvalue weighted by Gasteiger charge is 2.57. The lowest BCUT2D eigenvalue weighted by molar-refractivity contribution is 0.243. The van der Waals surface area contributed by atoms with Gasteiger partial charge in [-0.1, -0.05) is 0 Å². The largest absolute Gasteiger partial charge is 0.324 e. The summed E-state index contributed by atoms with van der Waals surface area (Å²) in [6.07, 6.45) is 1.27. The summed E-state index contributed by atoms with van der Waals surface area (Å²) in [5.41, 5.74) is 6.28. The summed E-state index contributed by atoms with van der Waals surface area (Å²) in [7, 11) is 0. The predicted octanol–water partition coefficient (Wildman–Crippen LogP) is 0.428. The lowest BCUT2D eigenvalue weighted by Gasteiger charge is -2.22. The van der Waals surface area contributed by atoms with Crippen molar-refractivity contribution in [2.75, 3.05) is 13.1 Å². The first kappa shape index (κ1) is 6.62. The van der Waals surface area contributed by atoms with Gasteiger partial charge in [-0.2, -0.15) is 0 Å². The van der Waals surface area contributed by atoms with E-state index in [1.807, 2.05) is 0 Å². The molecule has 0 aromatic rings. The Hall–Kier alpha value is -0.0800. The Morgan fingerprint density at radius 1 is 1.60 bits per heavy atom. The van der Waals surface area contributed by atoms with Crippen molar-refractivity contribution < 1.29 is 0 Å². The molecule has 2 atom stereocenters. The van der Waals surface area contributed by atoms with Crippen LogP contribution in [0, 0.1) is 5.92 Å². The molecule has 2 rings (SSSR count). The number of rotatable bonds is 1. The van der Waals surface area contributed by atoms with E-state index in [0.717, 1.165) is 12.5 Å². The molecule has 1 aliphatic carbocycles. The predicted molar refractivity (Wildman–Crippen MR) is 41.7 cm³/mol. The van der Waals surface area contributed by atoms with Gasteiger partial charge in [0.25, 0.3) is 0 Å². The summed E-state index contributed by atoms with van der Waals surface area (Å²) < 4.78 is 0. The number of hydrogen-bond donors (Lipinski definition) is 1. The van der Waals surface area contributed by atoms with Crippen molar-refractivity contribution in [3.05, 3.63) is 0 Å². The van der Waals surface area contributed by atoms with E-state index in [2.05, 4.69) is 18.7 Å². The average Bonchev–Trinajstić information content (AvgIpc) is 2.32. The molecule has 0 spiro atoms. The Bertz CT molecular complexity index is 155. The molecule has 1 aliphatic heterocycles. The first-order valence-corrected chi connectivity index (χ1v) is 4.15. The van der Waals surface area contributed by atoms with Gasteiger partial charge in [0.15, 0.2) is 0 Å². The molecule has 58 valence electrons. The van der Waals surface area contributed by atoms with E-state index >= 15 is 0 Å². The lowest BCUT2D eigenvalue weighted by atomic mass is 10.3. The molecule has 2 aliphatic rings. The Morgan fingerprint density at radius 3 is 2.60 bits per heavy atom. The highest BCUT2D eigenvalue weighted by Crippen LogP contribution is 2.47. The van der Waals surface area contributed by atoms with Crippen LogP contribution in [0.5, 0.6) is 0 Å². The van der Waals surface area contributed by atoms with Crippen LogP contribution >= 0.6 is 0 Å². The first-order chi connectivity index (χ1) is 4.62. The van der Waals surface area contributed by atoms with Crippen LogP contribution in [0.4, 0.5) is 0 Å². The van der Waals surface area contributed by atoms with Crippen molar-refractivity contribution in [1.29, 1.82) is 0 Å². The van der Waals surface area contributed by atoms with Crippen molar-refractivity contribution in [3.63, 3.8) is 0 Å². The van der Waals surface area contributed by atoms with Crippen LogP contribution in [0.1, 0.15) is 20.3 Å². The van der Waals surface area contributed by atoms with Gasteiger partial charge in [-0.15, -0.1) is 0 Å². The van der Waals surface area contributed by atoms with Gasteiger partial charge in [-0.25, -0.2) is 0 Å². The minimum Gasteiger partial charge on any atom is -0.324 e. The molecule has 10 heavy (non-hydrogen) atoms. The zero-order chi connectivity index (χ0) is 7.35. The van der Waals surface area contributed by atoms with E-state index < -0.39 is 0 Å². The summed E-state index contributed by atoms with van der Waals surface area (Å²) >= 11 is 0. The third kappa shape index (κ3) is 0.789. The molecule has 2 nitrogen and oxygen atoms in total. The molecule has 1 heterocycles. The van der Waals surface area contributed by atoms with Gasteiger partial charge in [0.2, 0.25) is 0 Å². The van der Waals surface area contributed by atoms with Crippen molar-refractivity contribution in [2.45, 2.75) is 31.8 Å². The van der Waals surface area contributed by atoms with Gasteiger partial charge in [0.1, 0.15) is 0 Å². The van der Waals surface area contributed by atoms with Crippen molar-refractivity contribution in [3.8, 4) is 0 Å². The molecule has 1 saturated carbocycles. The van der Waals surface area contributed by atoms with Crippen LogP contribution in [0.15, 0.2) is 0 Å². The number of nitrogens with two attached hydrogens (primary N) is 1. The van der Waals surface area contributed by atoms with Gasteiger partial charge in [0.05, 0.1) is 0 Å². The van der Waals surface area contributed by atoms with Gasteiger partial charge < -0.3 is 5.73 Å². The van der Waals surface area contributed by atoms with E-state index in [4.69, 9.17) is 5.73 Å². The second kappa shape index (κ2) is 1.74. The van der Waals surface area contributed by atoms with E-state index in [0.29, 0.717) is 6.04 Å². The second-order valence-electron chi connectivity index (χ2n) is 4.16. The lowest BCUT2D eigenvalue weighted by Crippen LogP contribution is -2.36. The Morgan fingerprint density at radius 2 is 2.30 bits per heavy atom. The van der Waals surface area contributed by atoms with Crippen LogP contribution in [0.3, 0.4) is 0 Å². The Kier molecular flexibility index (Phi) is 1.15. The minimum absolute atomic E-state index is 0.240. The van der Waals surface area contributed by atoms with Crippen LogP contribution in [0.25, 0.3) is 0 Å². The highest BCUT2D eigenvalue weighted by molar-refractivity contribution is 5.15. The summed E-state index contributed by atoms with van der Waals surface area (Å²) in [6.45, 7) is 6.87. The third-order valence-electron chi connectivity index (χ3n) is 2.96. The number of likely N-dealkylation sites (tertiary alicyclic amines) is 1. The summed E-state index contributed by atoms with van der Waals surface area (Å²) in [5, 5.41) is 0. The number of nitrogens with zero attached hydrogens (tertiary/aromatic N) is 1. The fourth-order valence-corrected chi connectivity index (χ4v) is 1.96. The number of hydrogen-bond acceptors (Lipinski definition) is 2. The van der Waals surface area contributed by atoms with E-state index in [1.165, 1.54) is 13.0 Å². The van der Waals surface area contributed by atoms with Crippen LogP contribution in [-0.2, 0) is 0 Å². The van der Waals surface area contributed by atoms with Crippen molar-refractivity contribution in [1.82, 2.24) is 4.90 Å². The molecule has 2 heteroatoms. The van der Waals surface area contributed by atoms with Crippen molar-refractivity contribution in [2.24, 2.45) is 11.7 Å². The number of piperidine rings is 1. The zero-order valence-electron chi connectivity index (χ0n) is 6.80. The normalized spacial score (nSPS) is 46.2. The SMILES string of the molecule is CC(C)N1C[C@@H]2C[C@]2(N)C1. The maximum absolute atomic E-state index is 6.04.